The Bertz CT molecular complexity index is 1080. The number of hydrogen-bond acceptors (Lipinski definition) is 5. The lowest BCUT2D eigenvalue weighted by molar-refractivity contribution is -0.127. The molecule has 1 amide bonds. The maximum absolute atomic E-state index is 12.8. The van der Waals surface area contributed by atoms with Gasteiger partial charge in [0.05, 0.1) is 17.6 Å². The lowest BCUT2D eigenvalue weighted by Crippen LogP contribution is -2.28. The first kappa shape index (κ1) is 20.0. The molecule has 1 fully saturated rings. The third-order valence-electron chi connectivity index (χ3n) is 5.52. The normalized spacial score (nSPS) is 15.0. The highest BCUT2D eigenvalue weighted by Gasteiger charge is 2.29. The van der Waals surface area contributed by atoms with E-state index in [1.165, 1.54) is 24.6 Å². The molecule has 2 aromatic carbocycles. The van der Waals surface area contributed by atoms with Gasteiger partial charge in [0.15, 0.2) is 16.7 Å². The summed E-state index contributed by atoms with van der Waals surface area (Å²) >= 11 is 1.52. The van der Waals surface area contributed by atoms with Crippen LogP contribution in [0.4, 0.5) is 0 Å². The number of nitrogens with zero attached hydrogens (tertiary/aromatic N) is 3. The summed E-state index contributed by atoms with van der Waals surface area (Å²) < 4.78 is 13.5. The lowest BCUT2D eigenvalue weighted by Gasteiger charge is -2.21. The van der Waals surface area contributed by atoms with Crippen LogP contribution in [-0.4, -0.2) is 46.4 Å². The Hall–Kier alpha value is -2.93. The highest BCUT2D eigenvalue weighted by atomic mass is 32.2. The Morgan fingerprint density at radius 1 is 1.13 bits per heavy atom. The van der Waals surface area contributed by atoms with Crippen molar-refractivity contribution < 1.29 is 14.3 Å². The van der Waals surface area contributed by atoms with Crippen LogP contribution >= 0.6 is 11.8 Å². The number of imidazole rings is 1. The van der Waals surface area contributed by atoms with Gasteiger partial charge < -0.3 is 18.9 Å². The van der Waals surface area contributed by atoms with E-state index in [4.69, 9.17) is 9.47 Å². The number of thioether (sulfide) groups is 1. The van der Waals surface area contributed by atoms with E-state index in [9.17, 15) is 4.79 Å². The van der Waals surface area contributed by atoms with Crippen molar-refractivity contribution in [3.63, 3.8) is 0 Å². The van der Waals surface area contributed by atoms with Crippen LogP contribution in [0.15, 0.2) is 59.9 Å². The molecule has 1 aliphatic carbocycles. The third kappa shape index (κ3) is 4.42. The van der Waals surface area contributed by atoms with Crippen molar-refractivity contribution in [1.29, 1.82) is 0 Å². The molecule has 3 aromatic rings. The van der Waals surface area contributed by atoms with Crippen molar-refractivity contribution in [3.8, 4) is 22.8 Å². The lowest BCUT2D eigenvalue weighted by atomic mass is 10.2. The van der Waals surface area contributed by atoms with E-state index in [0.717, 1.165) is 33.5 Å². The van der Waals surface area contributed by atoms with Crippen molar-refractivity contribution in [2.24, 2.45) is 0 Å². The van der Waals surface area contributed by atoms with E-state index in [1.807, 2.05) is 49.6 Å². The van der Waals surface area contributed by atoms with Crippen molar-refractivity contribution in [1.82, 2.24) is 14.5 Å². The van der Waals surface area contributed by atoms with Crippen LogP contribution in [-0.2, 0) is 11.3 Å². The van der Waals surface area contributed by atoms with E-state index in [2.05, 4.69) is 21.7 Å². The highest BCUT2D eigenvalue weighted by molar-refractivity contribution is 7.99. The predicted molar refractivity (Wildman–Crippen MR) is 121 cm³/mol. The highest BCUT2D eigenvalue weighted by Crippen LogP contribution is 2.42. The molecular formula is C24H25N3O3S. The Morgan fingerprint density at radius 2 is 1.90 bits per heavy atom. The Labute approximate surface area is 186 Å². The second-order valence-electron chi connectivity index (χ2n) is 7.91. The van der Waals surface area contributed by atoms with Gasteiger partial charge in [-0.15, -0.1) is 0 Å². The van der Waals surface area contributed by atoms with Gasteiger partial charge in [-0.2, -0.15) is 0 Å². The van der Waals surface area contributed by atoms with Gasteiger partial charge in [0.1, 0.15) is 13.2 Å². The van der Waals surface area contributed by atoms with Crippen LogP contribution in [0, 0.1) is 0 Å². The molecule has 0 atom stereocenters. The molecule has 2 heterocycles. The topological polar surface area (TPSA) is 56.6 Å². The van der Waals surface area contributed by atoms with Crippen LogP contribution in [0.2, 0.25) is 0 Å². The fourth-order valence-electron chi connectivity index (χ4n) is 3.74. The van der Waals surface area contributed by atoms with Gasteiger partial charge in [0, 0.05) is 19.6 Å². The molecule has 0 spiro atoms. The molecule has 7 heteroatoms. The van der Waals surface area contributed by atoms with Crippen molar-refractivity contribution in [2.45, 2.75) is 30.6 Å². The first-order valence-electron chi connectivity index (χ1n) is 10.6. The molecule has 0 radical (unpaired) electrons. The van der Waals surface area contributed by atoms with Gasteiger partial charge in [0.25, 0.3) is 0 Å². The second kappa shape index (κ2) is 8.67. The quantitative estimate of drug-likeness (QED) is 0.515. The summed E-state index contributed by atoms with van der Waals surface area (Å²) in [5, 5.41) is 0.919. The zero-order chi connectivity index (χ0) is 21.2. The number of ether oxygens (including phenoxy) is 2. The van der Waals surface area contributed by atoms with E-state index >= 15 is 0 Å². The molecule has 160 valence electrons. The largest absolute Gasteiger partial charge is 0.486 e. The van der Waals surface area contributed by atoms with Crippen molar-refractivity contribution in [3.05, 3.63) is 60.3 Å². The SMILES string of the molecule is CN(Cc1ccc2c(c1)OCCO2)C(=O)CSc1ncc(-c2ccccc2)n1C1CC1. The summed E-state index contributed by atoms with van der Waals surface area (Å²) in [6, 6.07) is 16.7. The number of aromatic nitrogens is 2. The molecule has 1 aliphatic heterocycles. The number of amides is 1. The van der Waals surface area contributed by atoms with Crippen molar-refractivity contribution in [2.75, 3.05) is 26.0 Å². The van der Waals surface area contributed by atoms with Gasteiger partial charge in [-0.3, -0.25) is 4.79 Å². The zero-order valence-corrected chi connectivity index (χ0v) is 18.3. The molecule has 0 unspecified atom stereocenters. The zero-order valence-electron chi connectivity index (χ0n) is 17.5. The summed E-state index contributed by atoms with van der Waals surface area (Å²) in [6.45, 7) is 1.66. The smallest absolute Gasteiger partial charge is 0.233 e. The predicted octanol–water partition coefficient (Wildman–Crippen LogP) is 4.41. The van der Waals surface area contributed by atoms with E-state index in [1.54, 1.807) is 4.90 Å². The van der Waals surface area contributed by atoms with Gasteiger partial charge in [-0.05, 0) is 36.1 Å². The fraction of sp³-hybridized carbons (Fsp3) is 0.333. The number of fused-ring (bicyclic) bond motifs is 1. The number of carbonyl (C=O) groups is 1. The first-order valence-corrected chi connectivity index (χ1v) is 11.6. The summed E-state index contributed by atoms with van der Waals surface area (Å²) in [4.78, 5) is 19.2. The Kier molecular flexibility index (Phi) is 5.59. The standard InChI is InChI=1S/C24H25N3O3S/c1-26(15-17-7-10-21-22(13-17)30-12-11-29-21)23(28)16-31-24-25-14-20(27(24)19-8-9-19)18-5-3-2-4-6-18/h2-7,10,13-14,19H,8-9,11-12,15-16H2,1H3. The number of hydrogen-bond donors (Lipinski definition) is 0. The summed E-state index contributed by atoms with van der Waals surface area (Å²) in [7, 11) is 1.84. The minimum absolute atomic E-state index is 0.0755. The molecule has 31 heavy (non-hydrogen) atoms. The molecule has 5 rings (SSSR count). The van der Waals surface area contributed by atoms with Crippen LogP contribution in [0.5, 0.6) is 11.5 Å². The van der Waals surface area contributed by atoms with Gasteiger partial charge >= 0.3 is 0 Å². The van der Waals surface area contributed by atoms with E-state index in [0.29, 0.717) is 31.6 Å². The summed E-state index contributed by atoms with van der Waals surface area (Å²) in [5.74, 6) is 1.95. The number of benzene rings is 2. The average molecular weight is 436 g/mol. The number of carbonyl (C=O) groups excluding carboxylic acids is 1. The Balaban J connectivity index is 1.24. The molecule has 1 aromatic heterocycles. The molecule has 0 saturated heterocycles. The van der Waals surface area contributed by atoms with Crippen LogP contribution in [0.25, 0.3) is 11.3 Å². The molecule has 1 saturated carbocycles. The molecule has 6 nitrogen and oxygen atoms in total. The summed E-state index contributed by atoms with van der Waals surface area (Å²) in [5.41, 5.74) is 3.31. The molecular weight excluding hydrogens is 410 g/mol. The van der Waals surface area contributed by atoms with Crippen molar-refractivity contribution >= 4 is 17.7 Å². The molecule has 2 aliphatic rings. The van der Waals surface area contributed by atoms with Gasteiger partial charge in [0.2, 0.25) is 5.91 Å². The fourth-order valence-corrected chi connectivity index (χ4v) is 4.73. The maximum atomic E-state index is 12.8. The van der Waals surface area contributed by atoms with Crippen LogP contribution in [0.1, 0.15) is 24.4 Å². The second-order valence-corrected chi connectivity index (χ2v) is 8.85. The maximum Gasteiger partial charge on any atom is 0.233 e. The minimum atomic E-state index is 0.0755. The van der Waals surface area contributed by atoms with Crippen LogP contribution in [0.3, 0.4) is 0 Å². The van der Waals surface area contributed by atoms with Gasteiger partial charge in [-0.1, -0.05) is 48.2 Å². The van der Waals surface area contributed by atoms with Gasteiger partial charge in [-0.25, -0.2) is 4.98 Å². The Morgan fingerprint density at radius 3 is 2.68 bits per heavy atom. The summed E-state index contributed by atoms with van der Waals surface area (Å²) in [6.07, 6.45) is 4.27. The van der Waals surface area contributed by atoms with E-state index in [-0.39, 0.29) is 5.91 Å². The minimum Gasteiger partial charge on any atom is -0.486 e. The average Bonchev–Trinajstić information content (AvgIpc) is 3.56. The molecule has 0 N–H and O–H groups in total. The molecule has 0 bridgehead atoms. The number of rotatable bonds is 7. The van der Waals surface area contributed by atoms with Crippen LogP contribution < -0.4 is 9.47 Å². The van der Waals surface area contributed by atoms with E-state index < -0.39 is 0 Å². The third-order valence-corrected chi connectivity index (χ3v) is 6.47. The monoisotopic (exact) mass is 435 g/mol. The first-order chi connectivity index (χ1) is 15.2.